The fourth-order valence-electron chi connectivity index (χ4n) is 2.42. The van der Waals surface area contributed by atoms with Gasteiger partial charge in [0.2, 0.25) is 0 Å². The van der Waals surface area contributed by atoms with Gasteiger partial charge in [-0.2, -0.15) is 5.10 Å². The Morgan fingerprint density at radius 2 is 2.11 bits per heavy atom. The topological polar surface area (TPSA) is 39.1 Å². The molecular formula is C15H21N3O. The molecular weight excluding hydrogens is 238 g/mol. The molecule has 1 atom stereocenters. The van der Waals surface area contributed by atoms with Crippen molar-refractivity contribution in [3.63, 3.8) is 0 Å². The van der Waals surface area contributed by atoms with Crippen LogP contribution in [0.2, 0.25) is 0 Å². The third-order valence-electron chi connectivity index (χ3n) is 3.39. The first-order chi connectivity index (χ1) is 9.15. The molecule has 1 aromatic carbocycles. The Morgan fingerprint density at radius 1 is 1.37 bits per heavy atom. The number of methoxy groups -OCH3 is 1. The number of ether oxygens (including phenoxy) is 1. The van der Waals surface area contributed by atoms with E-state index in [1.807, 2.05) is 43.9 Å². The fraction of sp³-hybridized carbons (Fsp3) is 0.400. The van der Waals surface area contributed by atoms with Gasteiger partial charge >= 0.3 is 0 Å². The molecule has 4 heteroatoms. The highest BCUT2D eigenvalue weighted by atomic mass is 16.5. The van der Waals surface area contributed by atoms with E-state index in [4.69, 9.17) is 4.74 Å². The number of benzene rings is 1. The quantitative estimate of drug-likeness (QED) is 0.895. The van der Waals surface area contributed by atoms with E-state index in [0.29, 0.717) is 0 Å². The Balaban J connectivity index is 2.26. The number of likely N-dealkylation sites (N-methyl/N-ethyl adjacent to an activating group) is 1. The third-order valence-corrected chi connectivity index (χ3v) is 3.39. The summed E-state index contributed by atoms with van der Waals surface area (Å²) in [7, 11) is 5.64. The molecule has 0 aliphatic rings. The van der Waals surface area contributed by atoms with Crippen molar-refractivity contribution in [2.45, 2.75) is 19.4 Å². The van der Waals surface area contributed by atoms with Crippen LogP contribution < -0.4 is 10.1 Å². The molecule has 1 aromatic heterocycles. The number of aryl methyl sites for hydroxylation is 2. The van der Waals surface area contributed by atoms with Gasteiger partial charge in [0.15, 0.2) is 0 Å². The lowest BCUT2D eigenvalue weighted by Crippen LogP contribution is -2.19. The number of hydrogen-bond donors (Lipinski definition) is 1. The molecule has 0 saturated heterocycles. The Labute approximate surface area is 114 Å². The molecule has 4 nitrogen and oxygen atoms in total. The van der Waals surface area contributed by atoms with Gasteiger partial charge in [0.1, 0.15) is 5.75 Å². The molecule has 1 unspecified atom stereocenters. The van der Waals surface area contributed by atoms with Gasteiger partial charge in [-0.25, -0.2) is 0 Å². The molecule has 102 valence electrons. The lowest BCUT2D eigenvalue weighted by atomic mass is 9.99. The van der Waals surface area contributed by atoms with Crippen LogP contribution in [-0.2, 0) is 13.5 Å². The maximum absolute atomic E-state index is 5.41. The minimum Gasteiger partial charge on any atom is -0.496 e. The normalized spacial score (nSPS) is 12.4. The zero-order chi connectivity index (χ0) is 13.8. The number of nitrogens with one attached hydrogen (secondary N) is 1. The Morgan fingerprint density at radius 3 is 2.68 bits per heavy atom. The van der Waals surface area contributed by atoms with E-state index in [-0.39, 0.29) is 6.04 Å². The highest BCUT2D eigenvalue weighted by Gasteiger charge is 2.17. The van der Waals surface area contributed by atoms with Crippen molar-refractivity contribution >= 4 is 0 Å². The molecule has 1 N–H and O–H groups in total. The van der Waals surface area contributed by atoms with Crippen molar-refractivity contribution in [1.82, 2.24) is 15.1 Å². The fourth-order valence-corrected chi connectivity index (χ4v) is 2.42. The Kier molecular flexibility index (Phi) is 4.22. The lowest BCUT2D eigenvalue weighted by molar-refractivity contribution is 0.406. The Hall–Kier alpha value is -1.81. The second kappa shape index (κ2) is 5.89. The highest BCUT2D eigenvalue weighted by molar-refractivity contribution is 5.35. The van der Waals surface area contributed by atoms with Gasteiger partial charge in [0.25, 0.3) is 0 Å². The maximum atomic E-state index is 5.41. The predicted molar refractivity (Wildman–Crippen MR) is 76.4 cm³/mol. The van der Waals surface area contributed by atoms with Crippen LogP contribution in [0.5, 0.6) is 5.75 Å². The molecule has 0 amide bonds. The van der Waals surface area contributed by atoms with Crippen LogP contribution in [-0.4, -0.2) is 23.9 Å². The van der Waals surface area contributed by atoms with Crippen LogP contribution in [0, 0.1) is 6.92 Å². The maximum Gasteiger partial charge on any atom is 0.122 e. The predicted octanol–water partition coefficient (Wildman–Crippen LogP) is 2.24. The van der Waals surface area contributed by atoms with Gasteiger partial charge in [-0.15, -0.1) is 0 Å². The Bertz CT molecular complexity index is 548. The second-order valence-corrected chi connectivity index (χ2v) is 4.70. The summed E-state index contributed by atoms with van der Waals surface area (Å²) >= 11 is 0. The minimum absolute atomic E-state index is 0.241. The molecule has 2 rings (SSSR count). The summed E-state index contributed by atoms with van der Waals surface area (Å²) in [6.45, 7) is 2.04. The van der Waals surface area contributed by atoms with E-state index < -0.39 is 0 Å². The number of aromatic nitrogens is 2. The first-order valence-corrected chi connectivity index (χ1v) is 6.45. The summed E-state index contributed by atoms with van der Waals surface area (Å²) in [6.07, 6.45) is 2.96. The van der Waals surface area contributed by atoms with Gasteiger partial charge in [0, 0.05) is 24.8 Å². The van der Waals surface area contributed by atoms with Crippen LogP contribution in [0.4, 0.5) is 0 Å². The van der Waals surface area contributed by atoms with Gasteiger partial charge in [0.05, 0.1) is 12.8 Å². The highest BCUT2D eigenvalue weighted by Crippen LogP contribution is 2.25. The second-order valence-electron chi connectivity index (χ2n) is 4.70. The van der Waals surface area contributed by atoms with E-state index in [1.165, 1.54) is 11.1 Å². The molecule has 19 heavy (non-hydrogen) atoms. The van der Waals surface area contributed by atoms with Crippen LogP contribution in [0.3, 0.4) is 0 Å². The molecule has 0 bridgehead atoms. The van der Waals surface area contributed by atoms with E-state index in [2.05, 4.69) is 22.7 Å². The van der Waals surface area contributed by atoms with E-state index in [0.717, 1.165) is 17.9 Å². The lowest BCUT2D eigenvalue weighted by Gasteiger charge is -2.17. The molecule has 0 radical (unpaired) electrons. The van der Waals surface area contributed by atoms with Crippen LogP contribution >= 0.6 is 0 Å². The number of nitrogens with zero attached hydrogens (tertiary/aromatic N) is 2. The molecule has 1 heterocycles. The number of para-hydroxylation sites is 1. The van der Waals surface area contributed by atoms with Crippen LogP contribution in [0.25, 0.3) is 0 Å². The summed E-state index contributed by atoms with van der Waals surface area (Å²) in [5.74, 6) is 0.935. The van der Waals surface area contributed by atoms with Crippen molar-refractivity contribution in [3.8, 4) is 5.75 Å². The van der Waals surface area contributed by atoms with Gasteiger partial charge < -0.3 is 10.1 Å². The average molecular weight is 259 g/mol. The molecule has 0 fully saturated rings. The summed E-state index contributed by atoms with van der Waals surface area (Å²) in [5, 5.41) is 7.77. The standard InChI is InChI=1S/C15H21N3O/c1-11-13(10-18(3)17-11)14(16-2)9-12-7-5-6-8-15(12)19-4/h5-8,10,14,16H,9H2,1-4H3. The van der Waals surface area contributed by atoms with Crippen molar-refractivity contribution in [3.05, 3.63) is 47.3 Å². The van der Waals surface area contributed by atoms with E-state index in [1.54, 1.807) is 7.11 Å². The summed E-state index contributed by atoms with van der Waals surface area (Å²) < 4.78 is 7.27. The average Bonchev–Trinajstić information content (AvgIpc) is 2.75. The van der Waals surface area contributed by atoms with Gasteiger partial charge in [-0.3, -0.25) is 4.68 Å². The van der Waals surface area contributed by atoms with E-state index >= 15 is 0 Å². The van der Waals surface area contributed by atoms with Crippen molar-refractivity contribution in [2.75, 3.05) is 14.2 Å². The zero-order valence-corrected chi connectivity index (χ0v) is 12.0. The number of hydrogen-bond acceptors (Lipinski definition) is 3. The summed E-state index contributed by atoms with van der Waals surface area (Å²) in [4.78, 5) is 0. The molecule has 0 aliphatic heterocycles. The molecule has 0 saturated carbocycles. The largest absolute Gasteiger partial charge is 0.496 e. The zero-order valence-electron chi connectivity index (χ0n) is 12.0. The summed E-state index contributed by atoms with van der Waals surface area (Å²) in [5.41, 5.74) is 3.50. The van der Waals surface area contributed by atoms with Crippen molar-refractivity contribution in [1.29, 1.82) is 0 Å². The van der Waals surface area contributed by atoms with Crippen molar-refractivity contribution < 1.29 is 4.74 Å². The molecule has 0 aliphatic carbocycles. The van der Waals surface area contributed by atoms with Crippen LogP contribution in [0.15, 0.2) is 30.5 Å². The first kappa shape index (κ1) is 13.6. The van der Waals surface area contributed by atoms with Crippen molar-refractivity contribution in [2.24, 2.45) is 7.05 Å². The third kappa shape index (κ3) is 2.96. The SMILES string of the molecule is CNC(Cc1ccccc1OC)c1cn(C)nc1C. The first-order valence-electron chi connectivity index (χ1n) is 6.45. The van der Waals surface area contributed by atoms with E-state index in [9.17, 15) is 0 Å². The van der Waals surface area contributed by atoms with Gasteiger partial charge in [-0.05, 0) is 32.0 Å². The van der Waals surface area contributed by atoms with Gasteiger partial charge in [-0.1, -0.05) is 18.2 Å². The molecule has 0 spiro atoms. The summed E-state index contributed by atoms with van der Waals surface area (Å²) in [6, 6.07) is 8.38. The number of rotatable bonds is 5. The smallest absolute Gasteiger partial charge is 0.122 e. The van der Waals surface area contributed by atoms with Crippen LogP contribution in [0.1, 0.15) is 22.9 Å². The monoisotopic (exact) mass is 259 g/mol. The molecule has 2 aromatic rings. The minimum atomic E-state index is 0.241.